The van der Waals surface area contributed by atoms with Crippen molar-refractivity contribution < 1.29 is 4.42 Å². The van der Waals surface area contributed by atoms with Gasteiger partial charge in [-0.25, -0.2) is 0 Å². The van der Waals surface area contributed by atoms with E-state index in [0.29, 0.717) is 0 Å². The van der Waals surface area contributed by atoms with Crippen LogP contribution >= 0.6 is 11.3 Å². The molecule has 0 bridgehead atoms. The molecule has 0 atom stereocenters. The molecule has 11 aromatic rings. The van der Waals surface area contributed by atoms with Crippen molar-refractivity contribution in [2.45, 2.75) is 0 Å². The summed E-state index contributed by atoms with van der Waals surface area (Å²) in [5.74, 6) is 0. The third kappa shape index (κ3) is 4.93. The molecule has 248 valence electrons. The number of rotatable bonds is 5. The van der Waals surface area contributed by atoms with Crippen LogP contribution in [0.5, 0.6) is 0 Å². The number of thiophene rings is 1. The van der Waals surface area contributed by atoms with Gasteiger partial charge in [-0.15, -0.1) is 11.3 Å². The highest BCUT2D eigenvalue weighted by atomic mass is 32.1. The van der Waals surface area contributed by atoms with Crippen molar-refractivity contribution in [2.24, 2.45) is 0 Å². The Morgan fingerprint density at radius 1 is 0.358 bits per heavy atom. The van der Waals surface area contributed by atoms with E-state index in [0.717, 1.165) is 39.0 Å². The fraction of sp³-hybridized carbons (Fsp3) is 0. The third-order valence-electron chi connectivity index (χ3n) is 10.7. The van der Waals surface area contributed by atoms with Crippen molar-refractivity contribution in [1.82, 2.24) is 0 Å². The van der Waals surface area contributed by atoms with Gasteiger partial charge in [-0.3, -0.25) is 0 Å². The average Bonchev–Trinajstić information content (AvgIpc) is 3.79. The Morgan fingerprint density at radius 2 is 0.962 bits per heavy atom. The SMILES string of the molecule is c1ccc2c(-c3ccc(N(c4ccc(-c5ccc6sc7ccc8ccccc8c7c6c5)cc4)c4ccc5c(c4)oc4ccccc45)cc3)cccc2c1. The molecule has 0 aliphatic rings. The van der Waals surface area contributed by atoms with Gasteiger partial charge < -0.3 is 9.32 Å². The first-order valence-electron chi connectivity index (χ1n) is 18.0. The number of fused-ring (bicyclic) bond motifs is 9. The normalized spacial score (nSPS) is 11.8. The maximum Gasteiger partial charge on any atom is 0.137 e. The maximum absolute atomic E-state index is 6.37. The van der Waals surface area contributed by atoms with Gasteiger partial charge in [0.05, 0.1) is 0 Å². The third-order valence-corrected chi connectivity index (χ3v) is 11.8. The second kappa shape index (κ2) is 11.9. The van der Waals surface area contributed by atoms with Gasteiger partial charge in [0.15, 0.2) is 0 Å². The first-order chi connectivity index (χ1) is 26.2. The zero-order valence-corrected chi connectivity index (χ0v) is 29.5. The van der Waals surface area contributed by atoms with Crippen molar-refractivity contribution in [3.05, 3.63) is 188 Å². The molecule has 53 heavy (non-hydrogen) atoms. The van der Waals surface area contributed by atoms with Gasteiger partial charge in [0, 0.05) is 54.1 Å². The quantitative estimate of drug-likeness (QED) is 0.178. The van der Waals surface area contributed by atoms with Crippen molar-refractivity contribution in [3.8, 4) is 22.3 Å². The molecule has 0 saturated carbocycles. The van der Waals surface area contributed by atoms with Crippen LogP contribution in [0.15, 0.2) is 192 Å². The fourth-order valence-corrected chi connectivity index (χ4v) is 9.20. The van der Waals surface area contributed by atoms with Crippen LogP contribution in [0.1, 0.15) is 0 Å². The van der Waals surface area contributed by atoms with Crippen LogP contribution in [0.2, 0.25) is 0 Å². The van der Waals surface area contributed by atoms with E-state index in [9.17, 15) is 0 Å². The van der Waals surface area contributed by atoms with E-state index in [1.54, 1.807) is 0 Å². The van der Waals surface area contributed by atoms with Gasteiger partial charge >= 0.3 is 0 Å². The molecule has 2 heterocycles. The first kappa shape index (κ1) is 30.0. The zero-order valence-electron chi connectivity index (χ0n) is 28.7. The number of anilines is 3. The van der Waals surface area contributed by atoms with Gasteiger partial charge in [0.25, 0.3) is 0 Å². The number of nitrogens with zero attached hydrogens (tertiary/aromatic N) is 1. The van der Waals surface area contributed by atoms with Gasteiger partial charge in [0.1, 0.15) is 11.2 Å². The summed E-state index contributed by atoms with van der Waals surface area (Å²) in [6.07, 6.45) is 0. The lowest BCUT2D eigenvalue weighted by Gasteiger charge is -2.26. The lowest BCUT2D eigenvalue weighted by atomic mass is 9.98. The summed E-state index contributed by atoms with van der Waals surface area (Å²) in [7, 11) is 0. The second-order valence-electron chi connectivity index (χ2n) is 13.7. The summed E-state index contributed by atoms with van der Waals surface area (Å²) in [6.45, 7) is 0. The molecule has 0 saturated heterocycles. The summed E-state index contributed by atoms with van der Waals surface area (Å²) in [6, 6.07) is 68.0. The highest BCUT2D eigenvalue weighted by Gasteiger charge is 2.17. The van der Waals surface area contributed by atoms with E-state index < -0.39 is 0 Å². The van der Waals surface area contributed by atoms with E-state index in [4.69, 9.17) is 4.42 Å². The fourth-order valence-electron chi connectivity index (χ4n) is 8.10. The summed E-state index contributed by atoms with van der Waals surface area (Å²) in [5.41, 5.74) is 9.81. The molecule has 0 N–H and O–H groups in total. The molecule has 0 aliphatic carbocycles. The predicted octanol–water partition coefficient (Wildman–Crippen LogP) is 15.1. The largest absolute Gasteiger partial charge is 0.456 e. The van der Waals surface area contributed by atoms with Crippen LogP contribution in [0.3, 0.4) is 0 Å². The Kier molecular flexibility index (Phi) is 6.76. The molecular formula is C50H31NOS. The van der Waals surface area contributed by atoms with Crippen molar-refractivity contribution in [3.63, 3.8) is 0 Å². The Hall–Kier alpha value is -6.68. The van der Waals surface area contributed by atoms with E-state index >= 15 is 0 Å². The van der Waals surface area contributed by atoms with E-state index in [1.807, 2.05) is 23.5 Å². The van der Waals surface area contributed by atoms with Crippen molar-refractivity contribution in [1.29, 1.82) is 0 Å². The highest BCUT2D eigenvalue weighted by Crippen LogP contribution is 2.42. The molecule has 0 amide bonds. The second-order valence-corrected chi connectivity index (χ2v) is 14.8. The molecule has 9 aromatic carbocycles. The summed E-state index contributed by atoms with van der Waals surface area (Å²) in [5, 5.41) is 10.0. The van der Waals surface area contributed by atoms with Crippen LogP contribution in [0.25, 0.3) is 85.9 Å². The van der Waals surface area contributed by atoms with Gasteiger partial charge in [-0.1, -0.05) is 121 Å². The van der Waals surface area contributed by atoms with E-state index in [1.165, 1.54) is 64.0 Å². The Morgan fingerprint density at radius 3 is 1.77 bits per heavy atom. The highest BCUT2D eigenvalue weighted by molar-refractivity contribution is 7.26. The minimum Gasteiger partial charge on any atom is -0.456 e. The monoisotopic (exact) mass is 693 g/mol. The smallest absolute Gasteiger partial charge is 0.137 e. The first-order valence-corrected chi connectivity index (χ1v) is 18.8. The lowest BCUT2D eigenvalue weighted by molar-refractivity contribution is 0.669. The maximum atomic E-state index is 6.37. The number of para-hydroxylation sites is 1. The van der Waals surface area contributed by atoms with Crippen LogP contribution in [0.4, 0.5) is 17.1 Å². The number of furan rings is 1. The molecule has 0 spiro atoms. The molecule has 0 unspecified atom stereocenters. The molecule has 0 aliphatic heterocycles. The molecule has 2 aromatic heterocycles. The van der Waals surface area contributed by atoms with Crippen LogP contribution in [0, 0.1) is 0 Å². The summed E-state index contributed by atoms with van der Waals surface area (Å²) >= 11 is 1.87. The molecule has 0 fully saturated rings. The number of hydrogen-bond donors (Lipinski definition) is 0. The molecule has 0 radical (unpaired) electrons. The summed E-state index contributed by atoms with van der Waals surface area (Å²) < 4.78 is 9.01. The minimum atomic E-state index is 0.876. The molecule has 3 heteroatoms. The van der Waals surface area contributed by atoms with E-state index in [-0.39, 0.29) is 0 Å². The summed E-state index contributed by atoms with van der Waals surface area (Å²) in [4.78, 5) is 2.32. The van der Waals surface area contributed by atoms with Gasteiger partial charge in [0.2, 0.25) is 0 Å². The van der Waals surface area contributed by atoms with Crippen LogP contribution in [-0.2, 0) is 0 Å². The van der Waals surface area contributed by atoms with Crippen molar-refractivity contribution in [2.75, 3.05) is 4.90 Å². The minimum absolute atomic E-state index is 0.876. The topological polar surface area (TPSA) is 16.4 Å². The van der Waals surface area contributed by atoms with E-state index in [2.05, 4.69) is 181 Å². The Labute approximate surface area is 310 Å². The van der Waals surface area contributed by atoms with Crippen molar-refractivity contribution >= 4 is 92.1 Å². The zero-order chi connectivity index (χ0) is 34.9. The standard InChI is InChI=1S/C50H31NOS/c1-3-11-40-33(8-1)10-7-14-41(40)35-18-24-38(25-19-35)51(39-26-27-44-43-13-5-6-15-46(43)52-47(44)31-39)37-22-16-32(17-23-37)36-21-28-48-45(30-36)50-42-12-4-2-9-34(42)20-29-49(50)53-48/h1-31H. The Bertz CT molecular complexity index is 3160. The molecular weight excluding hydrogens is 663 g/mol. The molecule has 11 rings (SSSR count). The predicted molar refractivity (Wildman–Crippen MR) is 227 cm³/mol. The number of hydrogen-bond acceptors (Lipinski definition) is 3. The van der Waals surface area contributed by atoms with Crippen LogP contribution < -0.4 is 4.90 Å². The van der Waals surface area contributed by atoms with Crippen LogP contribution in [-0.4, -0.2) is 0 Å². The van der Waals surface area contributed by atoms with Gasteiger partial charge in [-0.05, 0) is 104 Å². The Balaban J connectivity index is 1.02. The number of benzene rings is 9. The molecule has 2 nitrogen and oxygen atoms in total. The average molecular weight is 694 g/mol. The lowest BCUT2D eigenvalue weighted by Crippen LogP contribution is -2.09. The van der Waals surface area contributed by atoms with Gasteiger partial charge in [-0.2, -0.15) is 0 Å².